The Hall–Kier alpha value is -0.353. The van der Waals surface area contributed by atoms with Crippen molar-refractivity contribution >= 4 is 14.3 Å². The van der Waals surface area contributed by atoms with Crippen LogP contribution in [0.3, 0.4) is 0 Å². The summed E-state index contributed by atoms with van der Waals surface area (Å²) in [6, 6.07) is 0. The SMILES string of the molecule is CC1(C)CC1(N)C(=O)O[Si](C)(C)C. The maximum absolute atomic E-state index is 11.6. The molecule has 1 aliphatic carbocycles. The van der Waals surface area contributed by atoms with E-state index in [-0.39, 0.29) is 11.4 Å². The van der Waals surface area contributed by atoms with Crippen molar-refractivity contribution in [2.24, 2.45) is 11.1 Å². The molecule has 0 aliphatic heterocycles. The van der Waals surface area contributed by atoms with Gasteiger partial charge in [0.25, 0.3) is 0 Å². The zero-order chi connectivity index (χ0) is 10.5. The van der Waals surface area contributed by atoms with Crippen molar-refractivity contribution in [1.82, 2.24) is 0 Å². The molecule has 3 nitrogen and oxygen atoms in total. The molecule has 0 heterocycles. The van der Waals surface area contributed by atoms with E-state index in [0.29, 0.717) is 0 Å². The van der Waals surface area contributed by atoms with Crippen LogP contribution in [0.1, 0.15) is 20.3 Å². The smallest absolute Gasteiger partial charge is 0.313 e. The van der Waals surface area contributed by atoms with Crippen LogP contribution in [-0.4, -0.2) is 19.8 Å². The number of rotatable bonds is 2. The third-order valence-corrected chi connectivity index (χ3v) is 3.36. The van der Waals surface area contributed by atoms with Gasteiger partial charge in [-0.1, -0.05) is 13.8 Å². The Labute approximate surface area is 80.8 Å². The second-order valence-corrected chi connectivity index (χ2v) is 9.96. The van der Waals surface area contributed by atoms with Crippen LogP contribution >= 0.6 is 0 Å². The maximum Gasteiger partial charge on any atom is 0.313 e. The molecule has 0 spiro atoms. The predicted octanol–water partition coefficient (Wildman–Crippen LogP) is 1.49. The number of carbonyl (C=O) groups excluding carboxylic acids is 1. The molecule has 0 aromatic carbocycles. The van der Waals surface area contributed by atoms with Gasteiger partial charge in [-0.15, -0.1) is 0 Å². The lowest BCUT2D eigenvalue weighted by Crippen LogP contribution is -2.44. The molecule has 1 saturated carbocycles. The minimum absolute atomic E-state index is 0.0796. The van der Waals surface area contributed by atoms with Gasteiger partial charge in [-0.05, 0) is 31.5 Å². The van der Waals surface area contributed by atoms with Gasteiger partial charge in [0.05, 0.1) is 0 Å². The number of hydrogen-bond acceptors (Lipinski definition) is 3. The van der Waals surface area contributed by atoms with E-state index in [0.717, 1.165) is 6.42 Å². The molecule has 1 rings (SSSR count). The number of nitrogens with two attached hydrogens (primary N) is 1. The highest BCUT2D eigenvalue weighted by atomic mass is 28.4. The molecule has 2 N–H and O–H groups in total. The van der Waals surface area contributed by atoms with Crippen LogP contribution in [0.4, 0.5) is 0 Å². The summed E-state index contributed by atoms with van der Waals surface area (Å²) >= 11 is 0. The van der Waals surface area contributed by atoms with Gasteiger partial charge in [0.15, 0.2) is 0 Å². The molecule has 1 atom stereocenters. The summed E-state index contributed by atoms with van der Waals surface area (Å²) in [5, 5.41) is 0. The standard InChI is InChI=1S/C9H19NO2Si/c1-8(2)6-9(8,10)7(11)12-13(3,4)5/h6,10H2,1-5H3. The van der Waals surface area contributed by atoms with Crippen molar-refractivity contribution in [3.63, 3.8) is 0 Å². The summed E-state index contributed by atoms with van der Waals surface area (Å²) in [4.78, 5) is 11.6. The lowest BCUT2D eigenvalue weighted by atomic mass is 10.1. The van der Waals surface area contributed by atoms with Gasteiger partial charge in [0.1, 0.15) is 5.54 Å². The Kier molecular flexibility index (Phi) is 2.12. The van der Waals surface area contributed by atoms with Crippen molar-refractivity contribution in [2.45, 2.75) is 45.4 Å². The fraction of sp³-hybridized carbons (Fsp3) is 0.889. The quantitative estimate of drug-likeness (QED) is 0.689. The zero-order valence-corrected chi connectivity index (χ0v) is 10.1. The highest BCUT2D eigenvalue weighted by molar-refractivity contribution is 6.71. The molecule has 0 bridgehead atoms. The van der Waals surface area contributed by atoms with Crippen molar-refractivity contribution in [3.8, 4) is 0 Å². The Balaban J connectivity index is 2.62. The van der Waals surface area contributed by atoms with E-state index < -0.39 is 13.9 Å². The average molecular weight is 201 g/mol. The van der Waals surface area contributed by atoms with Crippen molar-refractivity contribution in [2.75, 3.05) is 0 Å². The molecule has 13 heavy (non-hydrogen) atoms. The predicted molar refractivity (Wildman–Crippen MR) is 54.8 cm³/mol. The van der Waals surface area contributed by atoms with Crippen LogP contribution in [0, 0.1) is 5.41 Å². The van der Waals surface area contributed by atoms with Crippen molar-refractivity contribution in [3.05, 3.63) is 0 Å². The first-order valence-electron chi connectivity index (χ1n) is 4.61. The normalized spacial score (nSPS) is 31.2. The molecule has 0 amide bonds. The third kappa shape index (κ3) is 1.94. The molecule has 1 unspecified atom stereocenters. The summed E-state index contributed by atoms with van der Waals surface area (Å²) in [6.07, 6.45) is 0.739. The van der Waals surface area contributed by atoms with Crippen LogP contribution < -0.4 is 5.73 Å². The van der Waals surface area contributed by atoms with Gasteiger partial charge >= 0.3 is 5.97 Å². The van der Waals surface area contributed by atoms with Gasteiger partial charge < -0.3 is 10.2 Å². The minimum Gasteiger partial charge on any atom is -0.519 e. The van der Waals surface area contributed by atoms with Gasteiger partial charge in [0, 0.05) is 0 Å². The zero-order valence-electron chi connectivity index (χ0n) is 9.10. The summed E-state index contributed by atoms with van der Waals surface area (Å²) in [5.41, 5.74) is 5.13. The molecule has 1 fully saturated rings. The van der Waals surface area contributed by atoms with E-state index in [1.54, 1.807) is 0 Å². The lowest BCUT2D eigenvalue weighted by Gasteiger charge is -2.22. The maximum atomic E-state index is 11.6. The molecular formula is C9H19NO2Si. The fourth-order valence-corrected chi connectivity index (χ4v) is 2.11. The Bertz CT molecular complexity index is 244. The molecule has 0 radical (unpaired) electrons. The largest absolute Gasteiger partial charge is 0.519 e. The van der Waals surface area contributed by atoms with E-state index in [1.165, 1.54) is 0 Å². The Morgan fingerprint density at radius 1 is 1.38 bits per heavy atom. The first kappa shape index (κ1) is 10.7. The first-order valence-corrected chi connectivity index (χ1v) is 8.02. The van der Waals surface area contributed by atoms with Gasteiger partial charge in [-0.3, -0.25) is 4.79 Å². The number of hydrogen-bond donors (Lipinski definition) is 1. The minimum atomic E-state index is -1.78. The van der Waals surface area contributed by atoms with E-state index in [4.69, 9.17) is 10.2 Å². The second-order valence-electron chi connectivity index (χ2n) is 5.53. The molecule has 0 aromatic heterocycles. The van der Waals surface area contributed by atoms with Crippen LogP contribution in [0.15, 0.2) is 0 Å². The molecule has 76 valence electrons. The van der Waals surface area contributed by atoms with Gasteiger partial charge in [0.2, 0.25) is 8.32 Å². The van der Waals surface area contributed by atoms with Crippen LogP contribution in [0.5, 0.6) is 0 Å². The van der Waals surface area contributed by atoms with E-state index in [1.807, 2.05) is 33.5 Å². The molecular weight excluding hydrogens is 182 g/mol. The third-order valence-electron chi connectivity index (χ3n) is 2.57. The average Bonchev–Trinajstić information content (AvgIpc) is 2.29. The highest BCUT2D eigenvalue weighted by Crippen LogP contribution is 2.54. The van der Waals surface area contributed by atoms with Crippen LogP contribution in [0.25, 0.3) is 0 Å². The van der Waals surface area contributed by atoms with E-state index >= 15 is 0 Å². The second kappa shape index (κ2) is 2.57. The lowest BCUT2D eigenvalue weighted by molar-refractivity contribution is -0.138. The van der Waals surface area contributed by atoms with E-state index in [9.17, 15) is 4.79 Å². The van der Waals surface area contributed by atoms with Crippen LogP contribution in [0.2, 0.25) is 19.6 Å². The van der Waals surface area contributed by atoms with Crippen molar-refractivity contribution < 1.29 is 9.22 Å². The van der Waals surface area contributed by atoms with Crippen LogP contribution in [-0.2, 0) is 9.22 Å². The summed E-state index contributed by atoms with van der Waals surface area (Å²) in [7, 11) is -1.78. The molecule has 0 aromatic rings. The van der Waals surface area contributed by atoms with E-state index in [2.05, 4.69) is 0 Å². The van der Waals surface area contributed by atoms with Crippen molar-refractivity contribution in [1.29, 1.82) is 0 Å². The fourth-order valence-electron chi connectivity index (χ4n) is 1.37. The summed E-state index contributed by atoms with van der Waals surface area (Å²) in [5.74, 6) is -0.211. The summed E-state index contributed by atoms with van der Waals surface area (Å²) < 4.78 is 5.38. The monoisotopic (exact) mass is 201 g/mol. The topological polar surface area (TPSA) is 52.3 Å². The molecule has 1 aliphatic rings. The molecule has 0 saturated heterocycles. The Morgan fingerprint density at radius 3 is 2.00 bits per heavy atom. The first-order chi connectivity index (χ1) is 5.58. The summed E-state index contributed by atoms with van der Waals surface area (Å²) in [6.45, 7) is 9.97. The van der Waals surface area contributed by atoms with Gasteiger partial charge in [-0.25, -0.2) is 0 Å². The molecule has 4 heteroatoms. The Morgan fingerprint density at radius 2 is 1.77 bits per heavy atom. The van der Waals surface area contributed by atoms with Gasteiger partial charge in [-0.2, -0.15) is 0 Å². The number of carbonyl (C=O) groups is 1. The highest BCUT2D eigenvalue weighted by Gasteiger charge is 2.65.